The largest absolute Gasteiger partial charge is 1.00 e. The van der Waals surface area contributed by atoms with Crippen LogP contribution in [-0.4, -0.2) is 112 Å². The molecule has 0 aliphatic carbocycles. The number of oxazole rings is 1. The number of rotatable bonds is 9. The van der Waals surface area contributed by atoms with Crippen molar-refractivity contribution in [1.29, 1.82) is 0 Å². The van der Waals surface area contributed by atoms with Crippen LogP contribution in [0.2, 0.25) is 0 Å². The van der Waals surface area contributed by atoms with Crippen LogP contribution in [0.1, 0.15) is 25.8 Å². The van der Waals surface area contributed by atoms with Crippen molar-refractivity contribution in [3.63, 3.8) is 0 Å². The number of likely N-dealkylation sites (tertiary alicyclic amines) is 1. The number of aromatic nitrogens is 1. The molecule has 4 rings (SSSR count). The Hall–Kier alpha value is -0.874. The molecule has 0 radical (unpaired) electrons. The number of ether oxygens (including phenoxy) is 1. The van der Waals surface area contributed by atoms with E-state index in [9.17, 15) is 35.5 Å². The summed E-state index contributed by atoms with van der Waals surface area (Å²) in [7, 11) is -8.69. The van der Waals surface area contributed by atoms with E-state index < -0.39 is 43.7 Å². The van der Waals surface area contributed by atoms with Gasteiger partial charge in [-0.3, -0.25) is 4.55 Å². The van der Waals surface area contributed by atoms with Crippen LogP contribution in [-0.2, 0) is 25.0 Å². The van der Waals surface area contributed by atoms with Crippen molar-refractivity contribution in [2.45, 2.75) is 25.8 Å². The van der Waals surface area contributed by atoms with Gasteiger partial charge in [-0.2, -0.15) is 8.42 Å². The zero-order valence-corrected chi connectivity index (χ0v) is 30.2. The average Bonchev–Trinajstić information content (AvgIpc) is 3.60. The molecule has 14 nitrogen and oxygen atoms in total. The molecule has 1 aromatic heterocycles. The van der Waals surface area contributed by atoms with Crippen molar-refractivity contribution < 1.29 is 95.8 Å². The van der Waals surface area contributed by atoms with Gasteiger partial charge in [0, 0.05) is 37.5 Å². The Labute approximate surface area is 300 Å². The van der Waals surface area contributed by atoms with Crippen LogP contribution in [0.5, 0.6) is 0 Å². The number of allylic oxidation sites excluding steroid dienone is 2. The summed E-state index contributed by atoms with van der Waals surface area (Å²) < 4.78 is 79.9. The van der Waals surface area contributed by atoms with Crippen LogP contribution in [0.4, 0.5) is 4.79 Å². The first kappa shape index (κ1) is 36.6. The second-order valence-corrected chi connectivity index (χ2v) is 14.6. The normalized spacial score (nSPS) is 20.6. The van der Waals surface area contributed by atoms with Gasteiger partial charge in [0.2, 0.25) is 10.6 Å². The first-order valence-electron chi connectivity index (χ1n) is 13.1. The summed E-state index contributed by atoms with van der Waals surface area (Å²) in [5, 5.41) is 1.39. The fourth-order valence-corrected chi connectivity index (χ4v) is 8.35. The number of amides is 1. The van der Waals surface area contributed by atoms with Crippen LogP contribution in [0, 0.1) is 0 Å². The third kappa shape index (κ3) is 10.6. The minimum Gasteiger partial charge on any atom is -0.747 e. The SMILES string of the molecule is CCOC(=O)N1CCC(n2/c(=C/C=C/C3=[N+](CS(=O)(=O)O)CCS3)oc(=O)/c2=C\C=C2\SCCN2CS(=O)(=O)[O-])CC1.[K+]. The van der Waals surface area contributed by atoms with Gasteiger partial charge in [-0.25, -0.2) is 22.6 Å². The minimum atomic E-state index is -4.49. The molecule has 232 valence electrons. The summed E-state index contributed by atoms with van der Waals surface area (Å²) in [4.78, 5) is 28.3. The maximum Gasteiger partial charge on any atom is 1.00 e. The van der Waals surface area contributed by atoms with E-state index in [1.807, 2.05) is 0 Å². The van der Waals surface area contributed by atoms with Crippen LogP contribution in [0.25, 0.3) is 12.2 Å². The molecule has 0 bridgehead atoms. The molecule has 3 aliphatic heterocycles. The average molecular weight is 704 g/mol. The second-order valence-electron chi connectivity index (χ2n) is 9.56. The Morgan fingerprint density at radius 3 is 2.51 bits per heavy atom. The molecule has 0 saturated carbocycles. The number of piperidine rings is 1. The van der Waals surface area contributed by atoms with Gasteiger partial charge in [-0.05, 0) is 44.1 Å². The molecule has 3 aliphatic rings. The maximum absolute atomic E-state index is 13.0. The van der Waals surface area contributed by atoms with Crippen LogP contribution in [0.3, 0.4) is 0 Å². The number of hydrogen-bond acceptors (Lipinski definition) is 12. The molecule has 43 heavy (non-hydrogen) atoms. The predicted octanol–water partition coefficient (Wildman–Crippen LogP) is -3.25. The van der Waals surface area contributed by atoms with Crippen molar-refractivity contribution in [1.82, 2.24) is 14.4 Å². The van der Waals surface area contributed by atoms with Gasteiger partial charge in [-0.15, -0.1) is 11.8 Å². The monoisotopic (exact) mass is 703 g/mol. The van der Waals surface area contributed by atoms with Gasteiger partial charge in [0.15, 0.2) is 6.54 Å². The van der Waals surface area contributed by atoms with E-state index in [0.29, 0.717) is 60.6 Å². The fraction of sp³-hybridized carbons (Fsp3) is 0.542. The van der Waals surface area contributed by atoms with Gasteiger partial charge >= 0.3 is 73.2 Å². The molecule has 0 unspecified atom stereocenters. The number of hydrogen-bond donors (Lipinski definition) is 1. The third-order valence-corrected chi connectivity index (χ3v) is 10.0. The van der Waals surface area contributed by atoms with E-state index in [2.05, 4.69) is 0 Å². The Bertz CT molecular complexity index is 1670. The molecule has 0 spiro atoms. The Kier molecular flexibility index (Phi) is 13.7. The Balaban J connectivity index is 0.00000506. The molecule has 1 aromatic rings. The van der Waals surface area contributed by atoms with Gasteiger partial charge in [0.25, 0.3) is 5.88 Å². The summed E-state index contributed by atoms with van der Waals surface area (Å²) in [6, 6.07) is -0.217. The van der Waals surface area contributed by atoms with Gasteiger partial charge in [0.1, 0.15) is 21.3 Å². The molecular weight excluding hydrogens is 672 g/mol. The fourth-order valence-electron chi connectivity index (χ4n) is 4.81. The molecule has 1 N–H and O–H groups in total. The van der Waals surface area contributed by atoms with Crippen molar-refractivity contribution in [3.8, 4) is 0 Å². The smallest absolute Gasteiger partial charge is 0.747 e. The van der Waals surface area contributed by atoms with Gasteiger partial charge < -0.3 is 28.1 Å². The quantitative estimate of drug-likeness (QED) is 0.154. The van der Waals surface area contributed by atoms with E-state index in [4.69, 9.17) is 9.15 Å². The molecular formula is C24H32KN4O10S4+. The summed E-state index contributed by atoms with van der Waals surface area (Å²) in [5.41, 5.74) is -0.389. The van der Waals surface area contributed by atoms with E-state index in [-0.39, 0.29) is 74.9 Å². The predicted molar refractivity (Wildman–Crippen MR) is 158 cm³/mol. The van der Waals surface area contributed by atoms with Crippen LogP contribution < -0.4 is 67.9 Å². The standard InChI is InChI=1S/C24H32N4O10S4.K/c1-2-37-24(30)25-10-8-18(9-11-25)28-19(6-7-22-27(13-15-40-22)17-42(34,35)36)23(29)38-20(28)4-3-5-21-26(12-14-39-21)16-41(31,32)33;/h3-7,18H,2,8-17H2,1H3,(H-,31,32,33,34,35,36);/q;+1/b19-6+,22-7+;. The second kappa shape index (κ2) is 16.1. The van der Waals surface area contributed by atoms with Gasteiger partial charge in [0.05, 0.1) is 17.4 Å². The van der Waals surface area contributed by atoms with E-state index in [1.165, 1.54) is 39.1 Å². The zero-order valence-electron chi connectivity index (χ0n) is 23.8. The van der Waals surface area contributed by atoms with E-state index in [0.717, 1.165) is 0 Å². The number of nitrogens with zero attached hydrogens (tertiary/aromatic N) is 4. The van der Waals surface area contributed by atoms with Crippen molar-refractivity contribution in [3.05, 3.63) is 44.6 Å². The van der Waals surface area contributed by atoms with Crippen molar-refractivity contribution >= 4 is 67.0 Å². The molecule has 19 heteroatoms. The molecule has 4 heterocycles. The number of carbonyl (C=O) groups excluding carboxylic acids is 1. The van der Waals surface area contributed by atoms with Crippen molar-refractivity contribution in [2.24, 2.45) is 0 Å². The first-order valence-corrected chi connectivity index (χ1v) is 18.2. The minimum absolute atomic E-state index is 0. The summed E-state index contributed by atoms with van der Waals surface area (Å²) in [6.07, 6.45) is 8.63. The van der Waals surface area contributed by atoms with Crippen LogP contribution in [0.15, 0.2) is 32.5 Å². The van der Waals surface area contributed by atoms with E-state index >= 15 is 0 Å². The van der Waals surface area contributed by atoms with E-state index in [1.54, 1.807) is 40.7 Å². The molecule has 2 fully saturated rings. The first-order chi connectivity index (χ1) is 19.8. The Morgan fingerprint density at radius 1 is 1.14 bits per heavy atom. The van der Waals surface area contributed by atoms with Crippen molar-refractivity contribution in [2.75, 3.05) is 56.0 Å². The van der Waals surface area contributed by atoms with Crippen LogP contribution >= 0.6 is 23.5 Å². The third-order valence-electron chi connectivity index (χ3n) is 6.60. The summed E-state index contributed by atoms with van der Waals surface area (Å²) in [6.45, 7) is 3.62. The number of thioether (sulfide) groups is 2. The topological polar surface area (TPSA) is 182 Å². The molecule has 0 aromatic carbocycles. The zero-order chi connectivity index (χ0) is 30.5. The maximum atomic E-state index is 13.0. The Morgan fingerprint density at radius 2 is 1.86 bits per heavy atom. The molecule has 0 atom stereocenters. The summed E-state index contributed by atoms with van der Waals surface area (Å²) >= 11 is 2.79. The summed E-state index contributed by atoms with van der Waals surface area (Å²) in [5.74, 6) is 0.0417. The number of carbonyl (C=O) groups is 1. The molecule has 2 saturated heterocycles. The van der Waals surface area contributed by atoms with Gasteiger partial charge in [-0.1, -0.05) is 11.8 Å². The molecule has 1 amide bonds.